The Morgan fingerprint density at radius 1 is 1.00 bits per heavy atom. The smallest absolute Gasteiger partial charge is 0.262 e. The zero-order valence-corrected chi connectivity index (χ0v) is 15.8. The SMILES string of the molecule is CCN1CCN(C(=O)C(CC(C)C)N2C(=O)c3ccccc3C2=O)CC1. The van der Waals surface area contributed by atoms with E-state index in [9.17, 15) is 14.4 Å². The van der Waals surface area contributed by atoms with Crippen molar-refractivity contribution in [2.75, 3.05) is 32.7 Å². The van der Waals surface area contributed by atoms with Gasteiger partial charge in [-0.1, -0.05) is 32.9 Å². The number of hydrogen-bond acceptors (Lipinski definition) is 4. The van der Waals surface area contributed by atoms with Gasteiger partial charge in [0.25, 0.3) is 11.8 Å². The Balaban J connectivity index is 1.84. The molecule has 0 spiro atoms. The number of carbonyl (C=O) groups excluding carboxylic acids is 3. The predicted molar refractivity (Wildman–Crippen MR) is 98.9 cm³/mol. The molecule has 2 aliphatic heterocycles. The number of imide groups is 1. The van der Waals surface area contributed by atoms with Crippen molar-refractivity contribution in [1.82, 2.24) is 14.7 Å². The highest BCUT2D eigenvalue weighted by Crippen LogP contribution is 2.28. The number of likely N-dealkylation sites (N-methyl/N-ethyl adjacent to an activating group) is 1. The first-order chi connectivity index (χ1) is 12.4. The molecule has 1 aromatic carbocycles. The molecule has 3 rings (SSSR count). The summed E-state index contributed by atoms with van der Waals surface area (Å²) in [5.74, 6) is -0.609. The Bertz CT molecular complexity index is 673. The molecule has 1 unspecified atom stereocenters. The zero-order chi connectivity index (χ0) is 18.8. The lowest BCUT2D eigenvalue weighted by Gasteiger charge is -2.37. The first-order valence-electron chi connectivity index (χ1n) is 9.42. The summed E-state index contributed by atoms with van der Waals surface area (Å²) in [5, 5.41) is 0. The second-order valence-corrected chi connectivity index (χ2v) is 7.43. The van der Waals surface area contributed by atoms with E-state index in [0.717, 1.165) is 19.6 Å². The molecule has 140 valence electrons. The second kappa shape index (κ2) is 7.58. The third-order valence-electron chi connectivity index (χ3n) is 5.25. The van der Waals surface area contributed by atoms with Crippen LogP contribution in [-0.4, -0.2) is 71.2 Å². The van der Waals surface area contributed by atoms with Crippen molar-refractivity contribution in [3.8, 4) is 0 Å². The van der Waals surface area contributed by atoms with E-state index in [-0.39, 0.29) is 23.6 Å². The van der Waals surface area contributed by atoms with Crippen molar-refractivity contribution in [2.45, 2.75) is 33.2 Å². The topological polar surface area (TPSA) is 60.9 Å². The molecule has 26 heavy (non-hydrogen) atoms. The number of rotatable bonds is 5. The number of piperazine rings is 1. The molecule has 1 aromatic rings. The lowest BCUT2D eigenvalue weighted by molar-refractivity contribution is -0.137. The van der Waals surface area contributed by atoms with Crippen LogP contribution in [0.15, 0.2) is 24.3 Å². The fraction of sp³-hybridized carbons (Fsp3) is 0.550. The molecule has 6 nitrogen and oxygen atoms in total. The van der Waals surface area contributed by atoms with E-state index in [4.69, 9.17) is 0 Å². The molecule has 6 heteroatoms. The van der Waals surface area contributed by atoms with Crippen molar-refractivity contribution in [1.29, 1.82) is 0 Å². The van der Waals surface area contributed by atoms with E-state index >= 15 is 0 Å². The van der Waals surface area contributed by atoms with Gasteiger partial charge in [-0.15, -0.1) is 0 Å². The summed E-state index contributed by atoms with van der Waals surface area (Å²) < 4.78 is 0. The number of fused-ring (bicyclic) bond motifs is 1. The minimum absolute atomic E-state index is 0.107. The summed E-state index contributed by atoms with van der Waals surface area (Å²) in [6.45, 7) is 10.0. The summed E-state index contributed by atoms with van der Waals surface area (Å²) in [5.41, 5.74) is 0.796. The van der Waals surface area contributed by atoms with E-state index in [1.807, 2.05) is 18.7 Å². The normalized spacial score (nSPS) is 19.2. The monoisotopic (exact) mass is 357 g/mol. The highest BCUT2D eigenvalue weighted by molar-refractivity contribution is 6.22. The fourth-order valence-electron chi connectivity index (χ4n) is 3.75. The summed E-state index contributed by atoms with van der Waals surface area (Å²) in [6, 6.07) is 6.09. The Hall–Kier alpha value is -2.21. The van der Waals surface area contributed by atoms with Gasteiger partial charge in [-0.2, -0.15) is 0 Å². The highest BCUT2D eigenvalue weighted by atomic mass is 16.2. The largest absolute Gasteiger partial charge is 0.338 e. The maximum absolute atomic E-state index is 13.2. The van der Waals surface area contributed by atoms with Gasteiger partial charge in [0.05, 0.1) is 11.1 Å². The van der Waals surface area contributed by atoms with Crippen LogP contribution < -0.4 is 0 Å². The van der Waals surface area contributed by atoms with Gasteiger partial charge < -0.3 is 9.80 Å². The van der Waals surface area contributed by atoms with Gasteiger partial charge >= 0.3 is 0 Å². The molecule has 0 aliphatic carbocycles. The van der Waals surface area contributed by atoms with E-state index in [2.05, 4.69) is 11.8 Å². The highest BCUT2D eigenvalue weighted by Gasteiger charge is 2.44. The first kappa shape index (κ1) is 18.6. The van der Waals surface area contributed by atoms with Crippen LogP contribution in [-0.2, 0) is 4.79 Å². The molecular weight excluding hydrogens is 330 g/mol. The van der Waals surface area contributed by atoms with Crippen LogP contribution in [0.2, 0.25) is 0 Å². The van der Waals surface area contributed by atoms with E-state index < -0.39 is 6.04 Å². The Labute approximate surface area is 154 Å². The maximum Gasteiger partial charge on any atom is 0.262 e. The maximum atomic E-state index is 13.2. The molecule has 0 radical (unpaired) electrons. The minimum Gasteiger partial charge on any atom is -0.338 e. The number of nitrogens with zero attached hydrogens (tertiary/aromatic N) is 3. The standard InChI is InChI=1S/C20H27N3O3/c1-4-21-9-11-22(12-10-21)20(26)17(13-14(2)3)23-18(24)15-7-5-6-8-16(15)19(23)25/h5-8,14,17H,4,9-13H2,1-3H3. The fourth-order valence-corrected chi connectivity index (χ4v) is 3.75. The van der Waals surface area contributed by atoms with Crippen LogP contribution in [0.4, 0.5) is 0 Å². The molecule has 0 aromatic heterocycles. The van der Waals surface area contributed by atoms with Gasteiger partial charge in [-0.25, -0.2) is 0 Å². The van der Waals surface area contributed by atoms with Crippen LogP contribution in [0.25, 0.3) is 0 Å². The zero-order valence-electron chi connectivity index (χ0n) is 15.8. The second-order valence-electron chi connectivity index (χ2n) is 7.43. The average molecular weight is 357 g/mol. The van der Waals surface area contributed by atoms with Crippen molar-refractivity contribution in [3.63, 3.8) is 0 Å². The van der Waals surface area contributed by atoms with E-state index in [1.165, 1.54) is 4.90 Å². The van der Waals surface area contributed by atoms with Gasteiger partial charge in [-0.05, 0) is 31.0 Å². The Kier molecular flexibility index (Phi) is 5.41. The third kappa shape index (κ3) is 3.38. The van der Waals surface area contributed by atoms with Crippen LogP contribution in [0.5, 0.6) is 0 Å². The Morgan fingerprint density at radius 3 is 2.00 bits per heavy atom. The van der Waals surface area contributed by atoms with Crippen LogP contribution >= 0.6 is 0 Å². The Morgan fingerprint density at radius 2 is 1.54 bits per heavy atom. The number of benzene rings is 1. The molecule has 0 saturated carbocycles. The molecule has 1 saturated heterocycles. The van der Waals surface area contributed by atoms with E-state index in [1.54, 1.807) is 24.3 Å². The molecule has 0 bridgehead atoms. The van der Waals surface area contributed by atoms with Crippen molar-refractivity contribution >= 4 is 17.7 Å². The van der Waals surface area contributed by atoms with Crippen molar-refractivity contribution < 1.29 is 14.4 Å². The molecule has 1 atom stereocenters. The molecule has 2 heterocycles. The molecule has 0 N–H and O–H groups in total. The minimum atomic E-state index is -0.726. The van der Waals surface area contributed by atoms with Gasteiger partial charge in [0.1, 0.15) is 6.04 Å². The summed E-state index contributed by atoms with van der Waals surface area (Å²) >= 11 is 0. The van der Waals surface area contributed by atoms with E-state index in [0.29, 0.717) is 30.6 Å². The van der Waals surface area contributed by atoms with Gasteiger partial charge in [0.2, 0.25) is 5.91 Å². The third-order valence-corrected chi connectivity index (χ3v) is 5.25. The number of hydrogen-bond donors (Lipinski definition) is 0. The first-order valence-corrected chi connectivity index (χ1v) is 9.42. The van der Waals surface area contributed by atoms with Crippen LogP contribution in [0.3, 0.4) is 0 Å². The molecule has 3 amide bonds. The molecule has 1 fully saturated rings. The van der Waals surface area contributed by atoms with Gasteiger partial charge in [0, 0.05) is 26.2 Å². The molecule has 2 aliphatic rings. The van der Waals surface area contributed by atoms with Crippen molar-refractivity contribution in [3.05, 3.63) is 35.4 Å². The lowest BCUT2D eigenvalue weighted by atomic mass is 10.0. The summed E-state index contributed by atoms with van der Waals surface area (Å²) in [7, 11) is 0. The van der Waals surface area contributed by atoms with Crippen LogP contribution in [0.1, 0.15) is 47.9 Å². The van der Waals surface area contributed by atoms with Gasteiger partial charge in [-0.3, -0.25) is 19.3 Å². The number of amides is 3. The van der Waals surface area contributed by atoms with Crippen LogP contribution in [0, 0.1) is 5.92 Å². The number of carbonyl (C=O) groups is 3. The predicted octanol–water partition coefficient (Wildman–Crippen LogP) is 1.86. The summed E-state index contributed by atoms with van der Waals surface area (Å²) in [6.07, 6.45) is 0.484. The van der Waals surface area contributed by atoms with Gasteiger partial charge in [0.15, 0.2) is 0 Å². The molecular formula is C20H27N3O3. The average Bonchev–Trinajstić information content (AvgIpc) is 2.90. The lowest BCUT2D eigenvalue weighted by Crippen LogP contribution is -2.56. The summed E-state index contributed by atoms with van der Waals surface area (Å²) in [4.78, 5) is 44.2. The van der Waals surface area contributed by atoms with Crippen molar-refractivity contribution in [2.24, 2.45) is 5.92 Å². The quantitative estimate of drug-likeness (QED) is 0.755.